The normalized spacial score (nSPS) is 33.2. The molecule has 0 spiro atoms. The Morgan fingerprint density at radius 1 is 1.39 bits per heavy atom. The molecule has 1 heterocycles. The van der Waals surface area contributed by atoms with Crippen LogP contribution in [0.25, 0.3) is 0 Å². The van der Waals surface area contributed by atoms with Gasteiger partial charge < -0.3 is 4.90 Å². The topological polar surface area (TPSA) is 23.6 Å². The third-order valence-corrected chi connectivity index (χ3v) is 6.86. The van der Waals surface area contributed by atoms with Crippen molar-refractivity contribution in [1.82, 2.24) is 4.90 Å². The van der Waals surface area contributed by atoms with E-state index in [1.165, 1.54) is 49.9 Å². The van der Waals surface area contributed by atoms with Crippen molar-refractivity contribution in [2.24, 2.45) is 11.8 Å². The first-order valence-corrected chi connectivity index (χ1v) is 9.08. The van der Waals surface area contributed by atoms with Crippen LogP contribution in [0.15, 0.2) is 18.2 Å². The molecular formula is C20H28N2O. The van der Waals surface area contributed by atoms with Crippen LogP contribution in [0.4, 0.5) is 5.69 Å². The highest BCUT2D eigenvalue weighted by atomic mass is 16.1. The van der Waals surface area contributed by atoms with Crippen LogP contribution in [-0.4, -0.2) is 37.5 Å². The zero-order valence-electron chi connectivity index (χ0n) is 14.6. The van der Waals surface area contributed by atoms with Gasteiger partial charge in [0.05, 0.1) is 0 Å². The minimum atomic E-state index is 0.248. The highest BCUT2D eigenvalue weighted by molar-refractivity contribution is 5.75. The smallest absolute Gasteiger partial charge is 0.213 e. The van der Waals surface area contributed by atoms with Gasteiger partial charge in [0.15, 0.2) is 0 Å². The van der Waals surface area contributed by atoms with E-state index < -0.39 is 0 Å². The van der Waals surface area contributed by atoms with Gasteiger partial charge in [-0.05, 0) is 72.7 Å². The van der Waals surface area contributed by atoms with Gasteiger partial charge >= 0.3 is 0 Å². The van der Waals surface area contributed by atoms with Gasteiger partial charge in [0.2, 0.25) is 6.41 Å². The van der Waals surface area contributed by atoms with Crippen molar-refractivity contribution in [3.8, 4) is 0 Å². The van der Waals surface area contributed by atoms with Crippen molar-refractivity contribution in [2.75, 3.05) is 25.0 Å². The summed E-state index contributed by atoms with van der Waals surface area (Å²) in [6.07, 6.45) is 6.18. The first-order valence-electron chi connectivity index (χ1n) is 9.08. The zero-order chi connectivity index (χ0) is 16.2. The minimum absolute atomic E-state index is 0.248. The van der Waals surface area contributed by atoms with Gasteiger partial charge in [-0.1, -0.05) is 19.9 Å². The molecule has 2 aliphatic carbocycles. The molecule has 1 aromatic carbocycles. The van der Waals surface area contributed by atoms with Crippen LogP contribution >= 0.6 is 0 Å². The summed E-state index contributed by atoms with van der Waals surface area (Å²) in [6.45, 7) is 7.44. The highest BCUT2D eigenvalue weighted by Crippen LogP contribution is 2.50. The number of carbonyl (C=O) groups is 1. The lowest BCUT2D eigenvalue weighted by molar-refractivity contribution is -0.107. The quantitative estimate of drug-likeness (QED) is 0.797. The molecule has 3 atom stereocenters. The summed E-state index contributed by atoms with van der Waals surface area (Å²) >= 11 is 0. The molecule has 1 saturated heterocycles. The molecule has 3 nitrogen and oxygen atoms in total. The second-order valence-electron chi connectivity index (χ2n) is 8.22. The summed E-state index contributed by atoms with van der Waals surface area (Å²) in [5.74, 6) is 1.65. The number of hydrogen-bond donors (Lipinski definition) is 0. The van der Waals surface area contributed by atoms with Crippen molar-refractivity contribution < 1.29 is 4.79 Å². The second kappa shape index (κ2) is 5.34. The van der Waals surface area contributed by atoms with Gasteiger partial charge in [0.1, 0.15) is 0 Å². The predicted molar refractivity (Wildman–Crippen MR) is 93.8 cm³/mol. The minimum Gasteiger partial charge on any atom is -0.318 e. The molecule has 3 heteroatoms. The van der Waals surface area contributed by atoms with Crippen molar-refractivity contribution in [3.63, 3.8) is 0 Å². The summed E-state index contributed by atoms with van der Waals surface area (Å²) in [5, 5.41) is 0. The molecule has 0 radical (unpaired) electrons. The Bertz CT molecular complexity index is 624. The maximum atomic E-state index is 11.1. The monoisotopic (exact) mass is 312 g/mol. The lowest BCUT2D eigenvalue weighted by atomic mass is 9.59. The summed E-state index contributed by atoms with van der Waals surface area (Å²) in [5.41, 5.74) is 4.25. The standard InChI is InChI=1S/C20H28N2O/c1-14-19-10-16-6-7-17(21(3)13-23)11-18(16)20(14,2)8-9-22(19)12-15-4-5-15/h6-7,11,13-15,19H,4-5,8-10,12H2,1-3H3/t14?,19-,20-/m1/s1. The number of hydrogen-bond acceptors (Lipinski definition) is 2. The molecule has 2 bridgehead atoms. The molecule has 3 aliphatic rings. The maximum absolute atomic E-state index is 11.1. The van der Waals surface area contributed by atoms with Crippen LogP contribution in [0.3, 0.4) is 0 Å². The first kappa shape index (κ1) is 15.2. The average molecular weight is 312 g/mol. The summed E-state index contributed by atoms with van der Waals surface area (Å²) < 4.78 is 0. The summed E-state index contributed by atoms with van der Waals surface area (Å²) in [4.78, 5) is 15.6. The fourth-order valence-corrected chi connectivity index (χ4v) is 4.83. The molecule has 0 N–H and O–H groups in total. The van der Waals surface area contributed by atoms with E-state index in [2.05, 4.69) is 36.9 Å². The Labute approximate surface area is 139 Å². The molecule has 124 valence electrons. The van der Waals surface area contributed by atoms with E-state index in [0.29, 0.717) is 12.0 Å². The number of carbonyl (C=O) groups excluding carboxylic acids is 1. The van der Waals surface area contributed by atoms with E-state index in [4.69, 9.17) is 0 Å². The molecule has 2 fully saturated rings. The molecule has 1 aliphatic heterocycles. The number of anilines is 1. The van der Waals surface area contributed by atoms with Crippen LogP contribution < -0.4 is 4.90 Å². The zero-order valence-corrected chi connectivity index (χ0v) is 14.6. The fourth-order valence-electron chi connectivity index (χ4n) is 4.83. The van der Waals surface area contributed by atoms with Crippen LogP contribution in [0.2, 0.25) is 0 Å². The van der Waals surface area contributed by atoms with Crippen molar-refractivity contribution in [1.29, 1.82) is 0 Å². The third kappa shape index (κ3) is 2.40. The molecule has 1 saturated carbocycles. The SMILES string of the molecule is CC1[C@H]2Cc3ccc(N(C)C=O)cc3[C@]1(C)CCN2CC1CC1. The molecule has 1 unspecified atom stereocenters. The molecular weight excluding hydrogens is 284 g/mol. The number of nitrogens with zero attached hydrogens (tertiary/aromatic N) is 2. The Hall–Kier alpha value is -1.35. The third-order valence-electron chi connectivity index (χ3n) is 6.86. The van der Waals surface area contributed by atoms with Gasteiger partial charge in [-0.2, -0.15) is 0 Å². The highest BCUT2D eigenvalue weighted by Gasteiger charge is 2.49. The van der Waals surface area contributed by atoms with Gasteiger partial charge in [-0.15, -0.1) is 0 Å². The van der Waals surface area contributed by atoms with Crippen LogP contribution in [0.5, 0.6) is 0 Å². The van der Waals surface area contributed by atoms with E-state index in [0.717, 1.165) is 18.0 Å². The Kier molecular flexibility index (Phi) is 3.53. The molecule has 23 heavy (non-hydrogen) atoms. The van der Waals surface area contributed by atoms with E-state index in [-0.39, 0.29) is 5.41 Å². The van der Waals surface area contributed by atoms with Gasteiger partial charge in [-0.25, -0.2) is 0 Å². The molecule has 1 aromatic rings. The van der Waals surface area contributed by atoms with Crippen LogP contribution in [0, 0.1) is 11.8 Å². The Balaban J connectivity index is 1.69. The number of piperidine rings is 1. The van der Waals surface area contributed by atoms with Crippen LogP contribution in [-0.2, 0) is 16.6 Å². The molecule has 4 rings (SSSR count). The van der Waals surface area contributed by atoms with Crippen molar-refractivity contribution >= 4 is 12.1 Å². The number of rotatable bonds is 4. The second-order valence-corrected chi connectivity index (χ2v) is 8.22. The molecule has 1 amide bonds. The summed E-state index contributed by atoms with van der Waals surface area (Å²) in [7, 11) is 1.84. The number of benzene rings is 1. The Morgan fingerprint density at radius 3 is 2.87 bits per heavy atom. The van der Waals surface area contributed by atoms with Crippen molar-refractivity contribution in [3.05, 3.63) is 29.3 Å². The molecule has 0 aromatic heterocycles. The fraction of sp³-hybridized carbons (Fsp3) is 0.650. The van der Waals surface area contributed by atoms with E-state index in [9.17, 15) is 4.79 Å². The lowest BCUT2D eigenvalue weighted by Crippen LogP contribution is -2.58. The van der Waals surface area contributed by atoms with Gasteiger partial charge in [0, 0.05) is 25.3 Å². The number of likely N-dealkylation sites (tertiary alicyclic amines) is 1. The van der Waals surface area contributed by atoms with E-state index in [1.807, 2.05) is 7.05 Å². The average Bonchev–Trinajstić information content (AvgIpc) is 3.36. The van der Waals surface area contributed by atoms with E-state index >= 15 is 0 Å². The number of amides is 1. The predicted octanol–water partition coefficient (Wildman–Crippen LogP) is 3.21. The van der Waals surface area contributed by atoms with Gasteiger partial charge in [0.25, 0.3) is 0 Å². The van der Waals surface area contributed by atoms with E-state index in [1.54, 1.807) is 4.90 Å². The Morgan fingerprint density at radius 2 is 2.17 bits per heavy atom. The lowest BCUT2D eigenvalue weighted by Gasteiger charge is -2.55. The van der Waals surface area contributed by atoms with Gasteiger partial charge in [-0.3, -0.25) is 9.69 Å². The first-order chi connectivity index (χ1) is 11.0. The largest absolute Gasteiger partial charge is 0.318 e. The number of fused-ring (bicyclic) bond motifs is 4. The van der Waals surface area contributed by atoms with Crippen molar-refractivity contribution in [2.45, 2.75) is 51.0 Å². The summed E-state index contributed by atoms with van der Waals surface area (Å²) in [6, 6.07) is 7.33. The van der Waals surface area contributed by atoms with Crippen LogP contribution in [0.1, 0.15) is 44.2 Å². The maximum Gasteiger partial charge on any atom is 0.213 e.